The van der Waals surface area contributed by atoms with E-state index in [1.165, 1.54) is 0 Å². The first-order valence-corrected chi connectivity index (χ1v) is 0. The molecule has 0 aliphatic carbocycles. The van der Waals surface area contributed by atoms with E-state index >= 15 is 0 Å². The van der Waals surface area contributed by atoms with Crippen molar-refractivity contribution in [2.24, 2.45) is 0 Å². The van der Waals surface area contributed by atoms with Crippen LogP contribution in [0.5, 0.6) is 0 Å². The summed E-state index contributed by atoms with van der Waals surface area (Å²) in [5.74, 6) is 0. The quantitative estimate of drug-likeness (QED) is 0.486. The van der Waals surface area contributed by atoms with Gasteiger partial charge in [-0.15, -0.1) is 37.2 Å². The predicted molar refractivity (Wildman–Crippen MR) is 21.7 cm³/mol. The van der Waals surface area contributed by atoms with Crippen LogP contribution < -0.4 is 0 Å². The van der Waals surface area contributed by atoms with E-state index in [1.54, 1.807) is 0 Å². The maximum atomic E-state index is 0. The van der Waals surface area contributed by atoms with Gasteiger partial charge in [0, 0.05) is 19.5 Å². The monoisotopic (exact) mass is 172 g/mol. The second-order valence-corrected chi connectivity index (χ2v) is 0. The minimum Gasteiger partial charge on any atom is -0.147 e. The molecule has 0 aliphatic heterocycles. The van der Waals surface area contributed by atoms with Gasteiger partial charge in [-0.25, -0.2) is 0 Å². The molecule has 0 saturated heterocycles. The number of halogens is 3. The van der Waals surface area contributed by atoms with E-state index in [2.05, 4.69) is 0 Å². The summed E-state index contributed by atoms with van der Waals surface area (Å²) in [5.41, 5.74) is 0. The predicted octanol–water partition coefficient (Wildman–Crippen LogP) is 1.26. The van der Waals surface area contributed by atoms with E-state index in [-0.39, 0.29) is 56.7 Å². The van der Waals surface area contributed by atoms with Crippen LogP contribution in [0, 0.1) is 0 Å². The molecule has 0 unspecified atom stereocenters. The zero-order valence-corrected chi connectivity index (χ0v) is 7.35. The third-order valence-electron chi connectivity index (χ3n) is 0. The molecule has 0 nitrogen and oxygen atoms in total. The largest absolute Gasteiger partial charge is 0.147 e. The van der Waals surface area contributed by atoms with Gasteiger partial charge in [0.15, 0.2) is 0 Å². The van der Waals surface area contributed by atoms with Crippen molar-refractivity contribution >= 4 is 37.2 Å². The summed E-state index contributed by atoms with van der Waals surface area (Å²) in [4.78, 5) is 0. The van der Waals surface area contributed by atoms with Gasteiger partial charge < -0.3 is 0 Å². The van der Waals surface area contributed by atoms with Crippen molar-refractivity contribution in [2.45, 2.75) is 0 Å². The van der Waals surface area contributed by atoms with Crippen molar-refractivity contribution < 1.29 is 19.5 Å². The summed E-state index contributed by atoms with van der Waals surface area (Å²) >= 11 is 0. The Bertz CT molecular complexity index is 3.25. The molecule has 0 aromatic heterocycles. The molecule has 0 radical (unpaired) electrons. The zero-order valence-electron chi connectivity index (χ0n) is 1.93. The SMILES string of the molecule is Cl.Cl.Cl.[Zn]. The van der Waals surface area contributed by atoms with Crippen LogP contribution >= 0.6 is 37.2 Å². The molecule has 0 N–H and O–H groups in total. The van der Waals surface area contributed by atoms with Crippen LogP contribution in [-0.4, -0.2) is 0 Å². The zero-order chi connectivity index (χ0) is 0. The van der Waals surface area contributed by atoms with E-state index in [0.717, 1.165) is 0 Å². The van der Waals surface area contributed by atoms with Crippen molar-refractivity contribution in [3.63, 3.8) is 0 Å². The molecule has 26 valence electrons. The summed E-state index contributed by atoms with van der Waals surface area (Å²) in [5, 5.41) is 0. The first kappa shape index (κ1) is 49.7. The third-order valence-corrected chi connectivity index (χ3v) is 0. The Morgan fingerprint density at radius 1 is 0.500 bits per heavy atom. The molecular formula is H3Cl3Zn. The molecule has 4 heavy (non-hydrogen) atoms. The first-order chi connectivity index (χ1) is 0. The summed E-state index contributed by atoms with van der Waals surface area (Å²) in [7, 11) is 0. The van der Waals surface area contributed by atoms with E-state index in [1.807, 2.05) is 0 Å². The molecule has 0 atom stereocenters. The molecule has 0 amide bonds. The van der Waals surface area contributed by atoms with E-state index in [4.69, 9.17) is 0 Å². The van der Waals surface area contributed by atoms with Gasteiger partial charge in [0.05, 0.1) is 0 Å². The fraction of sp³-hybridized carbons (Fsp3) is 0. The fourth-order valence-corrected chi connectivity index (χ4v) is 0. The van der Waals surface area contributed by atoms with Crippen LogP contribution in [0.1, 0.15) is 0 Å². The summed E-state index contributed by atoms with van der Waals surface area (Å²) in [6.07, 6.45) is 0. The van der Waals surface area contributed by atoms with Gasteiger partial charge >= 0.3 is 0 Å². The van der Waals surface area contributed by atoms with Crippen LogP contribution in [-0.2, 0) is 19.5 Å². The summed E-state index contributed by atoms with van der Waals surface area (Å²) < 4.78 is 0. The molecular weight excluding hydrogens is 172 g/mol. The van der Waals surface area contributed by atoms with Crippen LogP contribution in [0.2, 0.25) is 0 Å². The molecule has 0 aromatic rings. The Morgan fingerprint density at radius 2 is 0.500 bits per heavy atom. The maximum absolute atomic E-state index is 0. The summed E-state index contributed by atoms with van der Waals surface area (Å²) in [6.45, 7) is 0. The van der Waals surface area contributed by atoms with Crippen molar-refractivity contribution in [3.8, 4) is 0 Å². The molecule has 0 saturated carbocycles. The van der Waals surface area contributed by atoms with E-state index in [0.29, 0.717) is 0 Å². The number of hydrogen-bond donors (Lipinski definition) is 0. The second-order valence-electron chi connectivity index (χ2n) is 0. The van der Waals surface area contributed by atoms with Gasteiger partial charge in [-0.1, -0.05) is 0 Å². The minimum atomic E-state index is 0. The fourth-order valence-electron chi connectivity index (χ4n) is 0. The Kier molecular flexibility index (Phi) is 306. The normalized spacial score (nSPS) is 0. The topological polar surface area (TPSA) is 0 Å². The smallest absolute Gasteiger partial charge is 0 e. The molecule has 0 heterocycles. The van der Waals surface area contributed by atoms with Gasteiger partial charge in [-0.05, 0) is 0 Å². The molecule has 0 aromatic carbocycles. The Labute approximate surface area is 56.7 Å². The van der Waals surface area contributed by atoms with Gasteiger partial charge in [0.2, 0.25) is 0 Å². The number of rotatable bonds is 0. The van der Waals surface area contributed by atoms with Crippen LogP contribution in [0.25, 0.3) is 0 Å². The Morgan fingerprint density at radius 3 is 0.500 bits per heavy atom. The molecule has 0 rings (SSSR count). The van der Waals surface area contributed by atoms with Crippen LogP contribution in [0.15, 0.2) is 0 Å². The first-order valence-electron chi connectivity index (χ1n) is 0. The van der Waals surface area contributed by atoms with Gasteiger partial charge in [-0.2, -0.15) is 0 Å². The van der Waals surface area contributed by atoms with Crippen molar-refractivity contribution in [3.05, 3.63) is 0 Å². The van der Waals surface area contributed by atoms with Gasteiger partial charge in [0.1, 0.15) is 0 Å². The maximum Gasteiger partial charge on any atom is 0 e. The van der Waals surface area contributed by atoms with Crippen LogP contribution in [0.4, 0.5) is 0 Å². The van der Waals surface area contributed by atoms with Crippen LogP contribution in [0.3, 0.4) is 0 Å². The molecule has 4 heteroatoms. The van der Waals surface area contributed by atoms with Crippen molar-refractivity contribution in [2.75, 3.05) is 0 Å². The molecule has 0 aliphatic rings. The second kappa shape index (κ2) is 24.6. The third kappa shape index (κ3) is 9.74. The van der Waals surface area contributed by atoms with Crippen molar-refractivity contribution in [1.82, 2.24) is 0 Å². The molecule has 0 fully saturated rings. The average molecular weight is 175 g/mol. The van der Waals surface area contributed by atoms with Gasteiger partial charge in [-0.3, -0.25) is 0 Å². The Balaban J connectivity index is 0. The molecule has 0 bridgehead atoms. The Hall–Kier alpha value is 1.49. The van der Waals surface area contributed by atoms with Crippen molar-refractivity contribution in [1.29, 1.82) is 0 Å². The standard InChI is InChI=1S/3ClH.Zn/h3*1H;. The van der Waals surface area contributed by atoms with E-state index in [9.17, 15) is 0 Å². The number of hydrogen-bond acceptors (Lipinski definition) is 0. The van der Waals surface area contributed by atoms with Gasteiger partial charge in [0.25, 0.3) is 0 Å². The van der Waals surface area contributed by atoms with E-state index < -0.39 is 0 Å². The summed E-state index contributed by atoms with van der Waals surface area (Å²) in [6, 6.07) is 0. The average Bonchev–Trinajstić information content (AvgIpc) is 0. The minimum absolute atomic E-state index is 0. The molecule has 0 spiro atoms.